The summed E-state index contributed by atoms with van der Waals surface area (Å²) in [5.41, 5.74) is 0.413. The zero-order chi connectivity index (χ0) is 18.7. The summed E-state index contributed by atoms with van der Waals surface area (Å²) in [6.07, 6.45) is -1.46. The van der Waals surface area contributed by atoms with Crippen molar-refractivity contribution in [2.24, 2.45) is 0 Å². The number of nitrogens with zero attached hydrogens (tertiary/aromatic N) is 1. The number of hydrogen-bond acceptors (Lipinski definition) is 4. The minimum atomic E-state index is -0.731. The molecular formula is C18H26BrNO4. The van der Waals surface area contributed by atoms with Crippen molar-refractivity contribution in [3.63, 3.8) is 0 Å². The topological polar surface area (TPSA) is 55.8 Å². The van der Waals surface area contributed by atoms with Crippen LogP contribution in [0.4, 0.5) is 9.59 Å². The van der Waals surface area contributed by atoms with Crippen molar-refractivity contribution in [3.8, 4) is 0 Å². The quantitative estimate of drug-likeness (QED) is 0.664. The number of imide groups is 1. The first kappa shape index (κ1) is 20.5. The van der Waals surface area contributed by atoms with E-state index in [1.165, 1.54) is 0 Å². The average Bonchev–Trinajstić information content (AvgIpc) is 2.35. The van der Waals surface area contributed by atoms with Gasteiger partial charge < -0.3 is 9.47 Å². The van der Waals surface area contributed by atoms with Crippen LogP contribution in [0, 0.1) is 6.92 Å². The fourth-order valence-corrected chi connectivity index (χ4v) is 2.20. The predicted molar refractivity (Wildman–Crippen MR) is 96.9 cm³/mol. The molecule has 24 heavy (non-hydrogen) atoms. The second kappa shape index (κ2) is 7.55. The van der Waals surface area contributed by atoms with Crippen molar-refractivity contribution >= 4 is 28.1 Å². The standard InChI is InChI=1S/C18H26BrNO4/c1-12-8-9-14(19)13(10-12)11-20(15(21)23-17(2,3)4)16(22)24-18(5,6)7/h8-10H,11H2,1-7H3. The molecule has 0 aliphatic carbocycles. The third kappa shape index (κ3) is 6.91. The van der Waals surface area contributed by atoms with Crippen molar-refractivity contribution in [2.75, 3.05) is 0 Å². The van der Waals surface area contributed by atoms with Gasteiger partial charge in [-0.3, -0.25) is 0 Å². The normalized spacial score (nSPS) is 11.8. The Kier molecular flexibility index (Phi) is 6.45. The molecule has 5 nitrogen and oxygen atoms in total. The average molecular weight is 400 g/mol. The SMILES string of the molecule is Cc1ccc(Br)c(CN(C(=O)OC(C)(C)C)C(=O)OC(C)(C)C)c1. The number of hydrogen-bond donors (Lipinski definition) is 0. The molecule has 1 aromatic rings. The Balaban J connectivity index is 3.10. The van der Waals surface area contributed by atoms with Crippen LogP contribution in [0.5, 0.6) is 0 Å². The lowest BCUT2D eigenvalue weighted by Gasteiger charge is -2.29. The van der Waals surface area contributed by atoms with Gasteiger partial charge in [0, 0.05) is 4.47 Å². The van der Waals surface area contributed by atoms with Gasteiger partial charge in [-0.05, 0) is 60.1 Å². The largest absolute Gasteiger partial charge is 0.443 e. The highest BCUT2D eigenvalue weighted by molar-refractivity contribution is 9.10. The van der Waals surface area contributed by atoms with Crippen LogP contribution in [-0.2, 0) is 16.0 Å². The van der Waals surface area contributed by atoms with E-state index >= 15 is 0 Å². The molecule has 1 aromatic carbocycles. The number of aryl methyl sites for hydroxylation is 1. The number of benzene rings is 1. The third-order valence-corrected chi connectivity index (χ3v) is 3.53. The van der Waals surface area contributed by atoms with E-state index in [9.17, 15) is 9.59 Å². The number of rotatable bonds is 2. The van der Waals surface area contributed by atoms with Gasteiger partial charge in [0.2, 0.25) is 0 Å². The summed E-state index contributed by atoms with van der Waals surface area (Å²) < 4.78 is 11.5. The first-order valence-electron chi connectivity index (χ1n) is 7.77. The second-order valence-electron chi connectivity index (χ2n) is 7.64. The molecule has 0 spiro atoms. The summed E-state index contributed by atoms with van der Waals surface area (Å²) in [5, 5.41) is 0. The maximum Gasteiger partial charge on any atom is 0.420 e. The molecule has 0 saturated carbocycles. The zero-order valence-corrected chi connectivity index (χ0v) is 17.0. The molecular weight excluding hydrogens is 374 g/mol. The van der Waals surface area contributed by atoms with E-state index in [0.29, 0.717) is 0 Å². The van der Waals surface area contributed by atoms with Crippen LogP contribution in [-0.4, -0.2) is 28.3 Å². The Morgan fingerprint density at radius 2 is 1.46 bits per heavy atom. The highest BCUT2D eigenvalue weighted by Gasteiger charge is 2.31. The maximum absolute atomic E-state index is 12.5. The predicted octanol–water partition coefficient (Wildman–Crippen LogP) is 5.43. The molecule has 0 saturated heterocycles. The fraction of sp³-hybridized carbons (Fsp3) is 0.556. The van der Waals surface area contributed by atoms with Gasteiger partial charge in [0.1, 0.15) is 11.2 Å². The van der Waals surface area contributed by atoms with Gasteiger partial charge in [0.15, 0.2) is 0 Å². The molecule has 1 rings (SSSR count). The van der Waals surface area contributed by atoms with Crippen molar-refractivity contribution in [2.45, 2.75) is 66.2 Å². The van der Waals surface area contributed by atoms with Crippen LogP contribution in [0.3, 0.4) is 0 Å². The smallest absolute Gasteiger partial charge is 0.420 e. The van der Waals surface area contributed by atoms with Crippen molar-refractivity contribution in [1.82, 2.24) is 4.90 Å². The van der Waals surface area contributed by atoms with Gasteiger partial charge in [-0.15, -0.1) is 0 Å². The Labute approximate surface area is 152 Å². The van der Waals surface area contributed by atoms with E-state index in [2.05, 4.69) is 15.9 Å². The van der Waals surface area contributed by atoms with E-state index in [1.54, 1.807) is 41.5 Å². The summed E-state index contributed by atoms with van der Waals surface area (Å²) in [6, 6.07) is 5.73. The van der Waals surface area contributed by atoms with E-state index in [0.717, 1.165) is 20.5 Å². The molecule has 0 heterocycles. The number of halogens is 1. The van der Waals surface area contributed by atoms with Gasteiger partial charge in [0.05, 0.1) is 6.54 Å². The molecule has 0 bridgehead atoms. The van der Waals surface area contributed by atoms with Crippen molar-refractivity contribution < 1.29 is 19.1 Å². The van der Waals surface area contributed by atoms with Gasteiger partial charge in [-0.2, -0.15) is 0 Å². The van der Waals surface area contributed by atoms with Crippen LogP contribution < -0.4 is 0 Å². The molecule has 0 aliphatic heterocycles. The molecule has 6 heteroatoms. The lowest BCUT2D eigenvalue weighted by molar-refractivity contribution is -0.000283. The highest BCUT2D eigenvalue weighted by atomic mass is 79.9. The Morgan fingerprint density at radius 3 is 1.88 bits per heavy atom. The lowest BCUT2D eigenvalue weighted by Crippen LogP contribution is -2.43. The summed E-state index contributed by atoms with van der Waals surface area (Å²) in [6.45, 7) is 12.5. The molecule has 0 aromatic heterocycles. The minimum Gasteiger partial charge on any atom is -0.443 e. The van der Waals surface area contributed by atoms with E-state index < -0.39 is 23.4 Å². The van der Waals surface area contributed by atoms with Crippen molar-refractivity contribution in [1.29, 1.82) is 0 Å². The van der Waals surface area contributed by atoms with Crippen LogP contribution in [0.2, 0.25) is 0 Å². The first-order chi connectivity index (χ1) is 10.8. The van der Waals surface area contributed by atoms with Crippen LogP contribution in [0.25, 0.3) is 0 Å². The number of carbonyl (C=O) groups is 2. The Bertz CT molecular complexity index is 586. The van der Waals surface area contributed by atoms with E-state index in [4.69, 9.17) is 9.47 Å². The molecule has 0 N–H and O–H groups in total. The third-order valence-electron chi connectivity index (χ3n) is 2.76. The number of carbonyl (C=O) groups excluding carboxylic acids is 2. The molecule has 2 amide bonds. The molecule has 0 radical (unpaired) electrons. The Hall–Kier alpha value is -1.56. The van der Waals surface area contributed by atoms with Gasteiger partial charge >= 0.3 is 12.2 Å². The molecule has 0 atom stereocenters. The van der Waals surface area contributed by atoms with E-state index in [1.807, 2.05) is 25.1 Å². The number of ether oxygens (including phenoxy) is 2. The monoisotopic (exact) mass is 399 g/mol. The molecule has 0 aliphatic rings. The van der Waals surface area contributed by atoms with Crippen LogP contribution in [0.1, 0.15) is 52.7 Å². The summed E-state index contributed by atoms with van der Waals surface area (Å²) in [4.78, 5) is 25.9. The van der Waals surface area contributed by atoms with Gasteiger partial charge in [-0.1, -0.05) is 33.6 Å². The molecule has 0 fully saturated rings. The highest BCUT2D eigenvalue weighted by Crippen LogP contribution is 2.22. The summed E-state index contributed by atoms with van der Waals surface area (Å²) in [7, 11) is 0. The lowest BCUT2D eigenvalue weighted by atomic mass is 10.1. The first-order valence-corrected chi connectivity index (χ1v) is 8.56. The summed E-state index contributed by atoms with van der Waals surface area (Å²) >= 11 is 3.45. The maximum atomic E-state index is 12.5. The minimum absolute atomic E-state index is 0.0616. The molecule has 0 unspecified atom stereocenters. The number of amides is 2. The Morgan fingerprint density at radius 1 is 1.00 bits per heavy atom. The zero-order valence-electron chi connectivity index (χ0n) is 15.4. The second-order valence-corrected chi connectivity index (χ2v) is 8.50. The van der Waals surface area contributed by atoms with Crippen LogP contribution >= 0.6 is 15.9 Å². The van der Waals surface area contributed by atoms with Crippen LogP contribution in [0.15, 0.2) is 22.7 Å². The summed E-state index contributed by atoms with van der Waals surface area (Å²) in [5.74, 6) is 0. The van der Waals surface area contributed by atoms with E-state index in [-0.39, 0.29) is 6.54 Å². The van der Waals surface area contributed by atoms with Gasteiger partial charge in [-0.25, -0.2) is 14.5 Å². The van der Waals surface area contributed by atoms with Crippen molar-refractivity contribution in [3.05, 3.63) is 33.8 Å². The fourth-order valence-electron chi connectivity index (χ4n) is 1.83. The molecule has 134 valence electrons. The van der Waals surface area contributed by atoms with Gasteiger partial charge in [0.25, 0.3) is 0 Å².